The average Bonchev–Trinajstić information content (AvgIpc) is 2.67. The van der Waals surface area contributed by atoms with E-state index in [1.54, 1.807) is 6.20 Å². The summed E-state index contributed by atoms with van der Waals surface area (Å²) in [7, 11) is 0. The molecular weight excluding hydrogens is 216 g/mol. The molecule has 5 nitrogen and oxygen atoms in total. The number of nitrogens with two attached hydrogens (primary N) is 1. The molecule has 96 valence electrons. The van der Waals surface area contributed by atoms with Crippen molar-refractivity contribution in [3.05, 3.63) is 11.9 Å². The van der Waals surface area contributed by atoms with Crippen LogP contribution < -0.4 is 11.1 Å². The fraction of sp³-hybridized carbons (Fsp3) is 0.667. The highest BCUT2D eigenvalue weighted by Gasteiger charge is 2.15. The second kappa shape index (κ2) is 6.39. The summed E-state index contributed by atoms with van der Waals surface area (Å²) >= 11 is 0. The van der Waals surface area contributed by atoms with Crippen molar-refractivity contribution < 1.29 is 4.79 Å². The molecule has 1 aromatic heterocycles. The number of rotatable bonds is 6. The van der Waals surface area contributed by atoms with Crippen molar-refractivity contribution in [3.63, 3.8) is 0 Å². The van der Waals surface area contributed by atoms with Crippen LogP contribution in [-0.2, 0) is 11.3 Å². The zero-order valence-corrected chi connectivity index (χ0v) is 10.9. The number of hydrogen-bond acceptors (Lipinski definition) is 3. The summed E-state index contributed by atoms with van der Waals surface area (Å²) in [5, 5.41) is 7.00. The summed E-state index contributed by atoms with van der Waals surface area (Å²) in [5.74, 6) is -0.128. The van der Waals surface area contributed by atoms with Gasteiger partial charge in [0.2, 0.25) is 5.91 Å². The zero-order valence-electron chi connectivity index (χ0n) is 10.9. The Morgan fingerprint density at radius 3 is 2.82 bits per heavy atom. The SMILES string of the molecule is CCCC[C@H](N)C(=O)Nc1cnn(CC)c1C. The van der Waals surface area contributed by atoms with Crippen molar-refractivity contribution >= 4 is 11.6 Å². The van der Waals surface area contributed by atoms with Gasteiger partial charge in [0.1, 0.15) is 0 Å². The number of aryl methyl sites for hydroxylation is 1. The summed E-state index contributed by atoms with van der Waals surface area (Å²) in [6.45, 7) is 6.83. The van der Waals surface area contributed by atoms with Crippen LogP contribution in [0.5, 0.6) is 0 Å². The Bertz CT molecular complexity index is 373. The number of unbranched alkanes of at least 4 members (excludes halogenated alkanes) is 1. The van der Waals surface area contributed by atoms with E-state index in [1.165, 1.54) is 0 Å². The average molecular weight is 238 g/mol. The Kier molecular flexibility index (Phi) is 5.15. The summed E-state index contributed by atoms with van der Waals surface area (Å²) in [6.07, 6.45) is 4.42. The van der Waals surface area contributed by atoms with Gasteiger partial charge in [-0.1, -0.05) is 19.8 Å². The summed E-state index contributed by atoms with van der Waals surface area (Å²) in [4.78, 5) is 11.8. The van der Waals surface area contributed by atoms with Crippen LogP contribution in [0, 0.1) is 6.92 Å². The third-order valence-corrected chi connectivity index (χ3v) is 2.87. The van der Waals surface area contributed by atoms with Crippen LogP contribution in [0.1, 0.15) is 38.8 Å². The van der Waals surface area contributed by atoms with E-state index in [0.29, 0.717) is 0 Å². The van der Waals surface area contributed by atoms with Crippen molar-refractivity contribution in [3.8, 4) is 0 Å². The van der Waals surface area contributed by atoms with E-state index >= 15 is 0 Å². The number of nitrogens with zero attached hydrogens (tertiary/aromatic N) is 2. The normalized spacial score (nSPS) is 12.5. The first-order valence-electron chi connectivity index (χ1n) is 6.19. The number of carbonyl (C=O) groups excluding carboxylic acids is 1. The Morgan fingerprint density at radius 1 is 1.59 bits per heavy atom. The van der Waals surface area contributed by atoms with Gasteiger partial charge in [0.05, 0.1) is 23.6 Å². The van der Waals surface area contributed by atoms with Gasteiger partial charge < -0.3 is 11.1 Å². The lowest BCUT2D eigenvalue weighted by Gasteiger charge is -2.11. The molecule has 0 spiro atoms. The molecule has 0 aliphatic carbocycles. The maximum atomic E-state index is 11.8. The fourth-order valence-electron chi connectivity index (χ4n) is 1.67. The first kappa shape index (κ1) is 13.7. The Balaban J connectivity index is 2.58. The molecule has 5 heteroatoms. The molecule has 0 bridgehead atoms. The molecule has 0 aromatic carbocycles. The molecule has 0 saturated heterocycles. The third kappa shape index (κ3) is 3.56. The molecule has 0 aliphatic heterocycles. The van der Waals surface area contributed by atoms with E-state index in [0.717, 1.165) is 37.2 Å². The molecule has 17 heavy (non-hydrogen) atoms. The van der Waals surface area contributed by atoms with E-state index in [9.17, 15) is 4.79 Å². The highest BCUT2D eigenvalue weighted by atomic mass is 16.2. The number of nitrogens with one attached hydrogen (secondary N) is 1. The fourth-order valence-corrected chi connectivity index (χ4v) is 1.67. The van der Waals surface area contributed by atoms with Gasteiger partial charge in [-0.05, 0) is 20.3 Å². The maximum absolute atomic E-state index is 11.8. The van der Waals surface area contributed by atoms with E-state index in [-0.39, 0.29) is 5.91 Å². The Morgan fingerprint density at radius 2 is 2.29 bits per heavy atom. The first-order chi connectivity index (χ1) is 8.10. The van der Waals surface area contributed by atoms with Crippen LogP contribution in [0.15, 0.2) is 6.20 Å². The van der Waals surface area contributed by atoms with Crippen molar-refractivity contribution in [1.29, 1.82) is 0 Å². The van der Waals surface area contributed by atoms with Gasteiger partial charge in [0, 0.05) is 6.54 Å². The van der Waals surface area contributed by atoms with Crippen molar-refractivity contribution in [2.75, 3.05) is 5.32 Å². The summed E-state index contributed by atoms with van der Waals surface area (Å²) in [6, 6.07) is -0.431. The molecule has 3 N–H and O–H groups in total. The van der Waals surface area contributed by atoms with Gasteiger partial charge in [-0.2, -0.15) is 5.10 Å². The predicted molar refractivity (Wildman–Crippen MR) is 68.8 cm³/mol. The molecule has 0 aliphatic rings. The molecule has 1 amide bonds. The first-order valence-corrected chi connectivity index (χ1v) is 6.19. The van der Waals surface area contributed by atoms with Crippen molar-refractivity contribution in [2.45, 2.75) is 52.6 Å². The van der Waals surface area contributed by atoms with Crippen molar-refractivity contribution in [1.82, 2.24) is 9.78 Å². The minimum Gasteiger partial charge on any atom is -0.322 e. The largest absolute Gasteiger partial charge is 0.322 e. The minimum atomic E-state index is -0.431. The lowest BCUT2D eigenvalue weighted by molar-refractivity contribution is -0.117. The molecule has 0 fully saturated rings. The van der Waals surface area contributed by atoms with Gasteiger partial charge >= 0.3 is 0 Å². The number of carbonyl (C=O) groups is 1. The zero-order chi connectivity index (χ0) is 12.8. The molecule has 0 radical (unpaired) electrons. The van der Waals surface area contributed by atoms with E-state index < -0.39 is 6.04 Å². The van der Waals surface area contributed by atoms with E-state index in [1.807, 2.05) is 18.5 Å². The van der Waals surface area contributed by atoms with Crippen molar-refractivity contribution in [2.24, 2.45) is 5.73 Å². The second-order valence-electron chi connectivity index (χ2n) is 4.20. The van der Waals surface area contributed by atoms with Crippen LogP contribution in [0.4, 0.5) is 5.69 Å². The van der Waals surface area contributed by atoms with Crippen LogP contribution in [0.3, 0.4) is 0 Å². The van der Waals surface area contributed by atoms with Crippen LogP contribution in [0.2, 0.25) is 0 Å². The number of aromatic nitrogens is 2. The minimum absolute atomic E-state index is 0.128. The topological polar surface area (TPSA) is 72.9 Å². The van der Waals surface area contributed by atoms with Crippen LogP contribution in [-0.4, -0.2) is 21.7 Å². The number of hydrogen-bond donors (Lipinski definition) is 2. The van der Waals surface area contributed by atoms with E-state index in [2.05, 4.69) is 17.3 Å². The summed E-state index contributed by atoms with van der Waals surface area (Å²) in [5.41, 5.74) is 7.52. The lowest BCUT2D eigenvalue weighted by Crippen LogP contribution is -2.35. The second-order valence-corrected chi connectivity index (χ2v) is 4.20. The highest BCUT2D eigenvalue weighted by Crippen LogP contribution is 2.14. The highest BCUT2D eigenvalue weighted by molar-refractivity contribution is 5.94. The van der Waals surface area contributed by atoms with Crippen LogP contribution in [0.25, 0.3) is 0 Å². The van der Waals surface area contributed by atoms with E-state index in [4.69, 9.17) is 5.73 Å². The van der Waals surface area contributed by atoms with Gasteiger partial charge in [0.25, 0.3) is 0 Å². The van der Waals surface area contributed by atoms with Gasteiger partial charge in [-0.15, -0.1) is 0 Å². The molecule has 0 unspecified atom stereocenters. The molecular formula is C12H22N4O. The third-order valence-electron chi connectivity index (χ3n) is 2.87. The van der Waals surface area contributed by atoms with Gasteiger partial charge in [0.15, 0.2) is 0 Å². The molecule has 1 rings (SSSR count). The lowest BCUT2D eigenvalue weighted by atomic mass is 10.1. The Hall–Kier alpha value is -1.36. The van der Waals surface area contributed by atoms with Gasteiger partial charge in [-0.25, -0.2) is 0 Å². The summed E-state index contributed by atoms with van der Waals surface area (Å²) < 4.78 is 1.84. The maximum Gasteiger partial charge on any atom is 0.241 e. The van der Waals surface area contributed by atoms with Gasteiger partial charge in [-0.3, -0.25) is 9.48 Å². The monoisotopic (exact) mass is 238 g/mol. The molecule has 1 aromatic rings. The molecule has 0 saturated carbocycles. The number of anilines is 1. The van der Waals surface area contributed by atoms with Crippen LogP contribution >= 0.6 is 0 Å². The smallest absolute Gasteiger partial charge is 0.241 e. The quantitative estimate of drug-likeness (QED) is 0.791. The Labute approximate surface area is 102 Å². The number of amides is 1. The standard InChI is InChI=1S/C12H22N4O/c1-4-6-7-10(13)12(17)15-11-8-14-16(5-2)9(11)3/h8,10H,4-7,13H2,1-3H3,(H,15,17)/t10-/m0/s1. The molecule has 1 atom stereocenters. The predicted octanol–water partition coefficient (Wildman–Crippen LogP) is 1.67. The molecule has 1 heterocycles.